The van der Waals surface area contributed by atoms with Gasteiger partial charge in [0.05, 0.1) is 5.56 Å². The summed E-state index contributed by atoms with van der Waals surface area (Å²) in [6, 6.07) is 11.7. The van der Waals surface area contributed by atoms with E-state index in [0.29, 0.717) is 16.8 Å². The lowest BCUT2D eigenvalue weighted by Crippen LogP contribution is -2.08. The van der Waals surface area contributed by atoms with Gasteiger partial charge in [-0.1, -0.05) is 18.2 Å². The smallest absolute Gasteiger partial charge is 0.338 e. The Kier molecular flexibility index (Phi) is 3.71. The predicted octanol–water partition coefficient (Wildman–Crippen LogP) is 2.64. The van der Waals surface area contributed by atoms with Crippen LogP contribution in [0.2, 0.25) is 0 Å². The van der Waals surface area contributed by atoms with E-state index in [4.69, 9.17) is 10.5 Å². The van der Waals surface area contributed by atoms with Crippen molar-refractivity contribution in [3.63, 3.8) is 0 Å². The molecule has 0 aliphatic rings. The van der Waals surface area contributed by atoms with Gasteiger partial charge in [0.15, 0.2) is 0 Å². The second-order valence-electron chi connectivity index (χ2n) is 4.27. The summed E-state index contributed by atoms with van der Waals surface area (Å²) in [6.45, 7) is 1.89. The topological polar surface area (TPSA) is 72.6 Å². The molecule has 98 valence electrons. The highest BCUT2D eigenvalue weighted by molar-refractivity contribution is 5.92. The van der Waals surface area contributed by atoms with Gasteiger partial charge in [0.1, 0.15) is 12.4 Å². The third-order valence-electron chi connectivity index (χ3n) is 2.88. The van der Waals surface area contributed by atoms with Crippen LogP contribution < -0.4 is 5.73 Å². The van der Waals surface area contributed by atoms with Crippen molar-refractivity contribution in [1.29, 1.82) is 0 Å². The minimum atomic E-state index is -0.423. The Bertz CT molecular complexity index is 608. The SMILES string of the molecule is Cc1c(N)cccc1C(=O)OCc1cccc(O)c1. The van der Waals surface area contributed by atoms with E-state index in [2.05, 4.69) is 0 Å². The number of carbonyl (C=O) groups excluding carboxylic acids is 1. The lowest BCUT2D eigenvalue weighted by molar-refractivity contribution is 0.0471. The molecule has 0 bridgehead atoms. The van der Waals surface area contributed by atoms with Gasteiger partial charge >= 0.3 is 5.97 Å². The second kappa shape index (κ2) is 5.44. The normalized spacial score (nSPS) is 10.2. The average molecular weight is 257 g/mol. The molecule has 0 atom stereocenters. The van der Waals surface area contributed by atoms with Gasteiger partial charge in [-0.05, 0) is 42.3 Å². The molecule has 4 heteroatoms. The molecule has 2 rings (SSSR count). The van der Waals surface area contributed by atoms with Gasteiger partial charge in [-0.15, -0.1) is 0 Å². The molecule has 0 aliphatic carbocycles. The van der Waals surface area contributed by atoms with Gasteiger partial charge in [0.2, 0.25) is 0 Å². The van der Waals surface area contributed by atoms with Crippen LogP contribution in [0.5, 0.6) is 5.75 Å². The number of rotatable bonds is 3. The summed E-state index contributed by atoms with van der Waals surface area (Å²) < 4.78 is 5.20. The Balaban J connectivity index is 2.08. The Morgan fingerprint density at radius 2 is 2.00 bits per heavy atom. The molecule has 0 fully saturated rings. The summed E-state index contributed by atoms with van der Waals surface area (Å²) in [5.41, 5.74) is 8.21. The van der Waals surface area contributed by atoms with Crippen molar-refractivity contribution in [1.82, 2.24) is 0 Å². The van der Waals surface area contributed by atoms with Crippen LogP contribution in [0, 0.1) is 6.92 Å². The number of nitrogen functional groups attached to an aromatic ring is 1. The predicted molar refractivity (Wildman–Crippen MR) is 72.8 cm³/mol. The monoisotopic (exact) mass is 257 g/mol. The van der Waals surface area contributed by atoms with E-state index < -0.39 is 5.97 Å². The lowest BCUT2D eigenvalue weighted by Gasteiger charge is -2.09. The van der Waals surface area contributed by atoms with Gasteiger partial charge in [-0.3, -0.25) is 0 Å². The van der Waals surface area contributed by atoms with E-state index in [1.54, 1.807) is 49.4 Å². The first-order chi connectivity index (χ1) is 9.08. The molecule has 0 saturated carbocycles. The standard InChI is InChI=1S/C15H15NO3/c1-10-13(6-3-7-14(10)16)15(18)19-9-11-4-2-5-12(17)8-11/h2-8,17H,9,16H2,1H3. The molecule has 0 saturated heterocycles. The molecule has 0 aliphatic heterocycles. The maximum absolute atomic E-state index is 11.9. The quantitative estimate of drug-likeness (QED) is 0.655. The minimum absolute atomic E-state index is 0.113. The van der Waals surface area contributed by atoms with E-state index in [0.717, 1.165) is 5.56 Å². The van der Waals surface area contributed by atoms with Crippen LogP contribution in [0.25, 0.3) is 0 Å². The van der Waals surface area contributed by atoms with Gasteiger partial charge in [0, 0.05) is 5.69 Å². The molecular weight excluding hydrogens is 242 g/mol. The summed E-state index contributed by atoms with van der Waals surface area (Å²) in [6.07, 6.45) is 0. The molecule has 0 unspecified atom stereocenters. The number of benzene rings is 2. The summed E-state index contributed by atoms with van der Waals surface area (Å²) in [7, 11) is 0. The summed E-state index contributed by atoms with van der Waals surface area (Å²) in [5, 5.41) is 9.32. The van der Waals surface area contributed by atoms with E-state index in [9.17, 15) is 9.90 Å². The molecule has 0 amide bonds. The molecule has 0 spiro atoms. The number of phenolic OH excluding ortho intramolecular Hbond substituents is 1. The summed E-state index contributed by atoms with van der Waals surface area (Å²) in [4.78, 5) is 11.9. The van der Waals surface area contributed by atoms with E-state index in [1.807, 2.05) is 0 Å². The lowest BCUT2D eigenvalue weighted by atomic mass is 10.1. The molecule has 3 N–H and O–H groups in total. The number of phenols is 1. The molecule has 0 aromatic heterocycles. The van der Waals surface area contributed by atoms with Crippen LogP contribution in [-0.4, -0.2) is 11.1 Å². The van der Waals surface area contributed by atoms with Crippen LogP contribution >= 0.6 is 0 Å². The van der Waals surface area contributed by atoms with Crippen molar-refractivity contribution >= 4 is 11.7 Å². The van der Waals surface area contributed by atoms with E-state index in [-0.39, 0.29) is 12.4 Å². The van der Waals surface area contributed by atoms with Crippen molar-refractivity contribution in [2.75, 3.05) is 5.73 Å². The molecule has 0 radical (unpaired) electrons. The van der Waals surface area contributed by atoms with Crippen LogP contribution in [0.15, 0.2) is 42.5 Å². The zero-order valence-corrected chi connectivity index (χ0v) is 10.6. The van der Waals surface area contributed by atoms with Crippen molar-refractivity contribution in [2.24, 2.45) is 0 Å². The van der Waals surface area contributed by atoms with Crippen molar-refractivity contribution < 1.29 is 14.6 Å². The first-order valence-electron chi connectivity index (χ1n) is 5.88. The first-order valence-corrected chi connectivity index (χ1v) is 5.88. The Morgan fingerprint density at radius 3 is 2.74 bits per heavy atom. The van der Waals surface area contributed by atoms with Gasteiger partial charge < -0.3 is 15.6 Å². The number of hydrogen-bond donors (Lipinski definition) is 2. The zero-order chi connectivity index (χ0) is 13.8. The van der Waals surface area contributed by atoms with E-state index >= 15 is 0 Å². The fraction of sp³-hybridized carbons (Fsp3) is 0.133. The highest BCUT2D eigenvalue weighted by atomic mass is 16.5. The van der Waals surface area contributed by atoms with Crippen molar-refractivity contribution in [3.8, 4) is 5.75 Å². The molecule has 0 heterocycles. The molecule has 2 aromatic rings. The van der Waals surface area contributed by atoms with Crippen LogP contribution in [0.1, 0.15) is 21.5 Å². The molecule has 4 nitrogen and oxygen atoms in total. The Labute approximate surface area is 111 Å². The Morgan fingerprint density at radius 1 is 1.26 bits per heavy atom. The van der Waals surface area contributed by atoms with Crippen LogP contribution in [0.4, 0.5) is 5.69 Å². The highest BCUT2D eigenvalue weighted by Crippen LogP contribution is 2.18. The first kappa shape index (κ1) is 13.0. The van der Waals surface area contributed by atoms with Gasteiger partial charge in [-0.25, -0.2) is 4.79 Å². The largest absolute Gasteiger partial charge is 0.508 e. The van der Waals surface area contributed by atoms with Gasteiger partial charge in [0.25, 0.3) is 0 Å². The van der Waals surface area contributed by atoms with Crippen molar-refractivity contribution in [3.05, 3.63) is 59.2 Å². The highest BCUT2D eigenvalue weighted by Gasteiger charge is 2.12. The van der Waals surface area contributed by atoms with Crippen molar-refractivity contribution in [2.45, 2.75) is 13.5 Å². The number of anilines is 1. The molecule has 2 aromatic carbocycles. The fourth-order valence-electron chi connectivity index (χ4n) is 1.75. The third-order valence-corrected chi connectivity index (χ3v) is 2.88. The number of carbonyl (C=O) groups is 1. The number of nitrogens with two attached hydrogens (primary N) is 1. The average Bonchev–Trinajstić information content (AvgIpc) is 2.39. The van der Waals surface area contributed by atoms with E-state index in [1.165, 1.54) is 0 Å². The van der Waals surface area contributed by atoms with Gasteiger partial charge in [-0.2, -0.15) is 0 Å². The summed E-state index contributed by atoms with van der Waals surface area (Å²) >= 11 is 0. The third kappa shape index (κ3) is 3.04. The fourth-order valence-corrected chi connectivity index (χ4v) is 1.75. The maximum atomic E-state index is 11.9. The number of ether oxygens (including phenoxy) is 1. The zero-order valence-electron chi connectivity index (χ0n) is 10.6. The summed E-state index contributed by atoms with van der Waals surface area (Å²) in [5.74, 6) is -0.276. The Hall–Kier alpha value is -2.49. The molecular formula is C15H15NO3. The maximum Gasteiger partial charge on any atom is 0.338 e. The number of aromatic hydroxyl groups is 1. The molecule has 19 heavy (non-hydrogen) atoms. The number of esters is 1. The van der Waals surface area contributed by atoms with Crippen LogP contribution in [-0.2, 0) is 11.3 Å². The number of hydrogen-bond acceptors (Lipinski definition) is 4. The minimum Gasteiger partial charge on any atom is -0.508 e. The second-order valence-corrected chi connectivity index (χ2v) is 4.27. The van der Waals surface area contributed by atoms with Crippen LogP contribution in [0.3, 0.4) is 0 Å².